The molecule has 62 heavy (non-hydrogen) atoms. The SMILES string of the molecule is [2H]C([2H])([2H])c1cc2c3c(c1)N(c1ccc(C(C)(C)C)cc1-c1ccccc1)c1ccc(C(C)(C)C)cc1B3c1cc3c(cc1N2c1ccc2c(c1)C(C)(C)CC2(C)C)C(C)(C)CC3(C)C. The molecule has 0 bridgehead atoms. The molecular weight excluding hydrogens is 747 g/mol. The van der Waals surface area contributed by atoms with Crippen molar-refractivity contribution >= 4 is 57.2 Å². The van der Waals surface area contributed by atoms with Crippen LogP contribution in [0, 0.1) is 6.85 Å². The molecule has 0 saturated carbocycles. The van der Waals surface area contributed by atoms with Gasteiger partial charge in [0.25, 0.3) is 6.71 Å². The Labute approximate surface area is 378 Å². The van der Waals surface area contributed by atoms with Gasteiger partial charge >= 0.3 is 0 Å². The molecule has 0 unspecified atom stereocenters. The Morgan fingerprint density at radius 3 is 1.63 bits per heavy atom. The molecule has 2 aliphatic heterocycles. The summed E-state index contributed by atoms with van der Waals surface area (Å²) in [5, 5.41) is 0. The van der Waals surface area contributed by atoms with E-state index < -0.39 is 6.85 Å². The van der Waals surface area contributed by atoms with Gasteiger partial charge in [0.15, 0.2) is 0 Å². The molecule has 316 valence electrons. The van der Waals surface area contributed by atoms with Crippen LogP contribution in [0.3, 0.4) is 0 Å². The molecule has 0 aromatic heterocycles. The molecule has 0 fully saturated rings. The number of hydrogen-bond donors (Lipinski definition) is 0. The zero-order valence-electron chi connectivity index (χ0n) is 42.8. The number of benzene rings is 6. The number of rotatable bonds is 3. The summed E-state index contributed by atoms with van der Waals surface area (Å²) < 4.78 is 27.4. The smallest absolute Gasteiger partial charge is 0.252 e. The summed E-state index contributed by atoms with van der Waals surface area (Å²) in [4.78, 5) is 4.87. The highest BCUT2D eigenvalue weighted by molar-refractivity contribution is 7.00. The van der Waals surface area contributed by atoms with Crippen molar-refractivity contribution in [2.24, 2.45) is 0 Å². The average Bonchev–Trinajstić information content (AvgIpc) is 3.52. The maximum Gasteiger partial charge on any atom is 0.252 e. The maximum atomic E-state index is 9.12. The highest BCUT2D eigenvalue weighted by Crippen LogP contribution is 2.55. The summed E-state index contributed by atoms with van der Waals surface area (Å²) in [6, 6.07) is 41.0. The van der Waals surface area contributed by atoms with E-state index in [4.69, 9.17) is 4.11 Å². The predicted octanol–water partition coefficient (Wildman–Crippen LogP) is 14.3. The van der Waals surface area contributed by atoms with Gasteiger partial charge in [0.1, 0.15) is 0 Å². The fourth-order valence-electron chi connectivity index (χ4n) is 12.6. The van der Waals surface area contributed by atoms with Crippen LogP contribution in [0.4, 0.5) is 34.1 Å². The first-order valence-corrected chi connectivity index (χ1v) is 23.1. The first kappa shape index (κ1) is 37.5. The molecule has 6 aromatic rings. The lowest BCUT2D eigenvalue weighted by Crippen LogP contribution is -2.61. The molecule has 4 aliphatic rings. The lowest BCUT2D eigenvalue weighted by atomic mass is 9.33. The minimum absolute atomic E-state index is 0.0216. The summed E-state index contributed by atoms with van der Waals surface area (Å²) in [5.74, 6) is 0. The van der Waals surface area contributed by atoms with Gasteiger partial charge in [-0.25, -0.2) is 0 Å². The maximum absolute atomic E-state index is 9.12. The van der Waals surface area contributed by atoms with Gasteiger partial charge in [0.05, 0.1) is 5.69 Å². The summed E-state index contributed by atoms with van der Waals surface area (Å²) in [7, 11) is 0. The van der Waals surface area contributed by atoms with E-state index in [9.17, 15) is 0 Å². The Hall–Kier alpha value is -5.02. The van der Waals surface area contributed by atoms with Gasteiger partial charge in [-0.2, -0.15) is 0 Å². The van der Waals surface area contributed by atoms with Crippen LogP contribution < -0.4 is 26.2 Å². The Kier molecular flexibility index (Phi) is 7.89. The van der Waals surface area contributed by atoms with Crippen LogP contribution in [0.15, 0.2) is 109 Å². The molecule has 0 radical (unpaired) electrons. The summed E-state index contributed by atoms with van der Waals surface area (Å²) >= 11 is 0. The van der Waals surface area contributed by atoms with Gasteiger partial charge < -0.3 is 9.80 Å². The topological polar surface area (TPSA) is 6.48 Å². The third-order valence-corrected chi connectivity index (χ3v) is 15.2. The van der Waals surface area contributed by atoms with Crippen molar-refractivity contribution in [1.82, 2.24) is 0 Å². The molecule has 0 atom stereocenters. The number of nitrogens with zero attached hydrogens (tertiary/aromatic N) is 2. The standard InChI is InChI=1S/C59H67BN2/c1-36-27-51-53-52(28-36)62(48-25-21-38(54(2,3)4)29-41(48)37-19-17-16-18-20-37)49-26-22-39(55(5,6)7)30-46(49)60(53)47-32-44-45(59(14,15)35-58(44,12)13)33-50(47)61(51)40-23-24-42-43(31-40)57(10,11)34-56(42,8)9/h16-33H,34-35H2,1-15H3/i1D3. The second-order valence-electron chi connectivity index (χ2n) is 24.0. The lowest BCUT2D eigenvalue weighted by Gasteiger charge is -2.45. The van der Waals surface area contributed by atoms with Gasteiger partial charge in [-0.15, -0.1) is 0 Å². The van der Waals surface area contributed by atoms with Crippen molar-refractivity contribution in [3.63, 3.8) is 0 Å². The largest absolute Gasteiger partial charge is 0.311 e. The third-order valence-electron chi connectivity index (χ3n) is 15.2. The third kappa shape index (κ3) is 6.11. The fourth-order valence-corrected chi connectivity index (χ4v) is 12.6. The molecule has 10 rings (SSSR count). The Morgan fingerprint density at radius 2 is 1.02 bits per heavy atom. The van der Waals surface area contributed by atoms with Crippen LogP contribution in [0.5, 0.6) is 0 Å². The van der Waals surface area contributed by atoms with E-state index in [1.165, 1.54) is 44.3 Å². The van der Waals surface area contributed by atoms with Crippen LogP contribution in [-0.2, 0) is 32.5 Å². The highest BCUT2D eigenvalue weighted by atomic mass is 15.2. The van der Waals surface area contributed by atoms with Crippen LogP contribution in [0.2, 0.25) is 0 Å². The van der Waals surface area contributed by atoms with Crippen molar-refractivity contribution in [3.05, 3.63) is 148 Å². The van der Waals surface area contributed by atoms with Crippen LogP contribution in [0.25, 0.3) is 11.1 Å². The quantitative estimate of drug-likeness (QED) is 0.164. The Morgan fingerprint density at radius 1 is 0.484 bits per heavy atom. The molecule has 0 amide bonds. The summed E-state index contributed by atoms with van der Waals surface area (Å²) in [5.41, 5.74) is 20.4. The number of anilines is 6. The van der Waals surface area contributed by atoms with Gasteiger partial charge in [0.2, 0.25) is 0 Å². The van der Waals surface area contributed by atoms with Gasteiger partial charge in [-0.1, -0.05) is 158 Å². The van der Waals surface area contributed by atoms with E-state index in [-0.39, 0.29) is 39.2 Å². The van der Waals surface area contributed by atoms with Crippen LogP contribution >= 0.6 is 0 Å². The van der Waals surface area contributed by atoms with Gasteiger partial charge in [-0.05, 0) is 162 Å². The molecule has 6 aromatic carbocycles. The minimum Gasteiger partial charge on any atom is -0.311 e. The zero-order valence-corrected chi connectivity index (χ0v) is 39.8. The highest BCUT2D eigenvalue weighted by Gasteiger charge is 2.49. The molecule has 2 aliphatic carbocycles. The van der Waals surface area contributed by atoms with Gasteiger partial charge in [-0.3, -0.25) is 0 Å². The normalized spacial score (nSPS) is 19.5. The minimum atomic E-state index is -2.36. The van der Waals surface area contributed by atoms with E-state index in [1.807, 2.05) is 12.1 Å². The van der Waals surface area contributed by atoms with E-state index >= 15 is 0 Å². The Balaban J connectivity index is 1.37. The fraction of sp³-hybridized carbons (Fsp3) is 0.390. The zero-order chi connectivity index (χ0) is 46.8. The van der Waals surface area contributed by atoms with Gasteiger partial charge in [0, 0.05) is 38.1 Å². The molecular formula is C59H67BN2. The monoisotopic (exact) mass is 818 g/mol. The van der Waals surface area contributed by atoms with E-state index in [0.29, 0.717) is 5.56 Å². The van der Waals surface area contributed by atoms with Crippen molar-refractivity contribution in [1.29, 1.82) is 0 Å². The summed E-state index contributed by atoms with van der Waals surface area (Å²) in [6.45, 7) is 30.4. The predicted molar refractivity (Wildman–Crippen MR) is 269 cm³/mol. The van der Waals surface area contributed by atoms with E-state index in [2.05, 4.69) is 204 Å². The molecule has 0 spiro atoms. The van der Waals surface area contributed by atoms with Crippen molar-refractivity contribution in [2.75, 3.05) is 9.80 Å². The second-order valence-corrected chi connectivity index (χ2v) is 24.0. The van der Waals surface area contributed by atoms with Crippen molar-refractivity contribution in [2.45, 2.75) is 149 Å². The first-order chi connectivity index (χ1) is 30.1. The molecule has 3 heteroatoms. The van der Waals surface area contributed by atoms with Crippen LogP contribution in [0.1, 0.15) is 153 Å². The van der Waals surface area contributed by atoms with E-state index in [1.54, 1.807) is 0 Å². The van der Waals surface area contributed by atoms with Crippen molar-refractivity contribution < 1.29 is 4.11 Å². The molecule has 2 heterocycles. The molecule has 0 saturated heterocycles. The number of aryl methyl sites for hydroxylation is 1. The van der Waals surface area contributed by atoms with Crippen LogP contribution in [-0.4, -0.2) is 6.71 Å². The number of hydrogen-bond acceptors (Lipinski definition) is 2. The number of fused-ring (bicyclic) bond motifs is 6. The molecule has 0 N–H and O–H groups in total. The Bertz CT molecular complexity index is 2960. The summed E-state index contributed by atoms with van der Waals surface area (Å²) in [6.07, 6.45) is 2.12. The average molecular weight is 818 g/mol. The second kappa shape index (κ2) is 13.0. The first-order valence-electron chi connectivity index (χ1n) is 24.6. The van der Waals surface area contributed by atoms with Crippen molar-refractivity contribution in [3.8, 4) is 11.1 Å². The molecule has 2 nitrogen and oxygen atoms in total. The lowest BCUT2D eigenvalue weighted by molar-refractivity contribution is 0.403. The van der Waals surface area contributed by atoms with E-state index in [0.717, 1.165) is 63.6 Å².